The third-order valence-electron chi connectivity index (χ3n) is 4.91. The Kier molecular flexibility index (Phi) is 5.06. The van der Waals surface area contributed by atoms with Crippen molar-refractivity contribution in [1.29, 1.82) is 0 Å². The van der Waals surface area contributed by atoms with E-state index in [0.29, 0.717) is 11.0 Å². The van der Waals surface area contributed by atoms with Gasteiger partial charge in [-0.15, -0.1) is 0 Å². The number of nitrogens with zero attached hydrogens (tertiary/aromatic N) is 2. The fourth-order valence-corrected chi connectivity index (χ4v) is 3.90. The molecule has 0 aliphatic heterocycles. The maximum absolute atomic E-state index is 12.2. The van der Waals surface area contributed by atoms with Crippen molar-refractivity contribution in [2.24, 2.45) is 5.92 Å². The average molecular weight is 436 g/mol. The second-order valence-electron chi connectivity index (χ2n) is 7.16. The molecule has 150 valence electrons. The zero-order chi connectivity index (χ0) is 20.5. The lowest BCUT2D eigenvalue weighted by Gasteiger charge is -2.10. The zero-order valence-electron chi connectivity index (χ0n) is 15.9. The number of hydrogen-bond acceptors (Lipinski definition) is 5. The monoisotopic (exact) mass is 435 g/mol. The van der Waals surface area contributed by atoms with E-state index in [2.05, 4.69) is 37.1 Å². The molecule has 3 heterocycles. The van der Waals surface area contributed by atoms with E-state index in [-0.39, 0.29) is 11.8 Å². The molecule has 1 saturated carbocycles. The highest BCUT2D eigenvalue weighted by Crippen LogP contribution is 2.33. The first-order chi connectivity index (χ1) is 14.7. The Morgan fingerprint density at radius 1 is 1.13 bits per heavy atom. The highest BCUT2D eigenvalue weighted by Gasteiger charge is 2.30. The van der Waals surface area contributed by atoms with E-state index >= 15 is 0 Å². The van der Waals surface area contributed by atoms with Crippen molar-refractivity contribution in [3.05, 3.63) is 66.1 Å². The van der Waals surface area contributed by atoms with Crippen LogP contribution in [0.1, 0.15) is 12.8 Å². The van der Waals surface area contributed by atoms with Crippen LogP contribution in [-0.2, 0) is 4.79 Å². The van der Waals surface area contributed by atoms with E-state index in [4.69, 9.17) is 11.6 Å². The number of aromatic amines is 1. The van der Waals surface area contributed by atoms with Crippen LogP contribution in [0.2, 0.25) is 5.15 Å². The van der Waals surface area contributed by atoms with Gasteiger partial charge in [-0.2, -0.15) is 0 Å². The van der Waals surface area contributed by atoms with Crippen molar-refractivity contribution >= 4 is 52.0 Å². The van der Waals surface area contributed by atoms with Crippen molar-refractivity contribution < 1.29 is 4.79 Å². The predicted molar refractivity (Wildman–Crippen MR) is 122 cm³/mol. The molecule has 0 unspecified atom stereocenters. The van der Waals surface area contributed by atoms with E-state index in [0.717, 1.165) is 45.6 Å². The van der Waals surface area contributed by atoms with Crippen LogP contribution in [-0.4, -0.2) is 20.9 Å². The van der Waals surface area contributed by atoms with Crippen LogP contribution in [0.15, 0.2) is 65.8 Å². The largest absolute Gasteiger partial charge is 0.346 e. The molecule has 0 atom stereocenters. The third-order valence-corrected chi connectivity index (χ3v) is 5.95. The van der Waals surface area contributed by atoms with Crippen molar-refractivity contribution in [3.8, 4) is 11.1 Å². The number of carbonyl (C=O) groups is 1. The summed E-state index contributed by atoms with van der Waals surface area (Å²) in [6.45, 7) is 0. The van der Waals surface area contributed by atoms with Gasteiger partial charge in [0.1, 0.15) is 16.6 Å². The highest BCUT2D eigenvalue weighted by atomic mass is 35.5. The summed E-state index contributed by atoms with van der Waals surface area (Å²) in [4.78, 5) is 24.9. The number of fused-ring (bicyclic) bond motifs is 1. The number of aromatic nitrogens is 3. The van der Waals surface area contributed by atoms with Gasteiger partial charge in [-0.1, -0.05) is 23.7 Å². The SMILES string of the molecule is O=C(Nc1cc(-c2ccc(NSc3ccc(Cl)nc3)cc2)c2cc[nH]c2n1)C1CC1. The summed E-state index contributed by atoms with van der Waals surface area (Å²) in [5.74, 6) is 0.755. The second kappa shape index (κ2) is 8.01. The van der Waals surface area contributed by atoms with Crippen molar-refractivity contribution in [3.63, 3.8) is 0 Å². The van der Waals surface area contributed by atoms with Gasteiger partial charge in [0.15, 0.2) is 0 Å². The number of halogens is 1. The Hall–Kier alpha value is -3.03. The van der Waals surface area contributed by atoms with E-state index < -0.39 is 0 Å². The fourth-order valence-electron chi connectivity index (χ4n) is 3.17. The number of anilines is 2. The predicted octanol–water partition coefficient (Wildman–Crippen LogP) is 5.75. The molecule has 1 aliphatic carbocycles. The maximum atomic E-state index is 12.2. The van der Waals surface area contributed by atoms with Crippen LogP contribution in [0.25, 0.3) is 22.2 Å². The molecule has 1 aromatic carbocycles. The summed E-state index contributed by atoms with van der Waals surface area (Å²) in [6.07, 6.45) is 5.51. The minimum absolute atomic E-state index is 0.0487. The minimum Gasteiger partial charge on any atom is -0.346 e. The number of hydrogen-bond donors (Lipinski definition) is 3. The molecular weight excluding hydrogens is 418 g/mol. The summed E-state index contributed by atoms with van der Waals surface area (Å²) < 4.78 is 3.31. The van der Waals surface area contributed by atoms with E-state index in [9.17, 15) is 4.79 Å². The molecule has 4 aromatic rings. The summed E-state index contributed by atoms with van der Waals surface area (Å²) in [5.41, 5.74) is 3.80. The van der Waals surface area contributed by atoms with Gasteiger partial charge in [0.2, 0.25) is 5.91 Å². The van der Waals surface area contributed by atoms with Gasteiger partial charge < -0.3 is 15.0 Å². The Bertz CT molecular complexity index is 1200. The van der Waals surface area contributed by atoms with Gasteiger partial charge in [-0.25, -0.2) is 9.97 Å². The topological polar surface area (TPSA) is 82.7 Å². The highest BCUT2D eigenvalue weighted by molar-refractivity contribution is 8.00. The number of amides is 1. The molecule has 1 fully saturated rings. The van der Waals surface area contributed by atoms with Crippen molar-refractivity contribution in [1.82, 2.24) is 15.0 Å². The van der Waals surface area contributed by atoms with Gasteiger partial charge in [-0.3, -0.25) is 4.79 Å². The molecule has 0 spiro atoms. The summed E-state index contributed by atoms with van der Waals surface area (Å²) in [7, 11) is 0. The fraction of sp³-hybridized carbons (Fsp3) is 0.136. The van der Waals surface area contributed by atoms with Crippen LogP contribution >= 0.6 is 23.5 Å². The lowest BCUT2D eigenvalue weighted by atomic mass is 10.0. The molecule has 3 N–H and O–H groups in total. The summed E-state index contributed by atoms with van der Waals surface area (Å²) in [5, 5.41) is 4.44. The van der Waals surface area contributed by atoms with Crippen LogP contribution in [0, 0.1) is 5.92 Å². The van der Waals surface area contributed by atoms with Crippen LogP contribution in [0.4, 0.5) is 11.5 Å². The molecule has 5 rings (SSSR count). The molecule has 0 saturated heterocycles. The second-order valence-corrected chi connectivity index (χ2v) is 8.42. The molecule has 0 bridgehead atoms. The van der Waals surface area contributed by atoms with Crippen LogP contribution in [0.3, 0.4) is 0 Å². The Morgan fingerprint density at radius 3 is 2.70 bits per heavy atom. The smallest absolute Gasteiger partial charge is 0.228 e. The van der Waals surface area contributed by atoms with Crippen molar-refractivity contribution in [2.45, 2.75) is 17.7 Å². The number of benzene rings is 1. The van der Waals surface area contributed by atoms with E-state index in [1.807, 2.05) is 36.5 Å². The molecule has 8 heteroatoms. The van der Waals surface area contributed by atoms with E-state index in [1.54, 1.807) is 12.3 Å². The number of nitrogens with one attached hydrogen (secondary N) is 3. The standard InChI is InChI=1S/C22H18ClN5OS/c23-19-8-7-16(12-25-19)30-28-15-5-3-13(4-6-15)18-11-20(27-22(29)14-1-2-14)26-21-17(18)9-10-24-21/h3-12,14,28H,1-2H2,(H2,24,26,27,29). The Labute approximate surface area is 182 Å². The Balaban J connectivity index is 1.37. The molecule has 6 nitrogen and oxygen atoms in total. The summed E-state index contributed by atoms with van der Waals surface area (Å²) in [6, 6.07) is 15.8. The molecule has 0 radical (unpaired) electrons. The lowest BCUT2D eigenvalue weighted by molar-refractivity contribution is -0.117. The molecule has 1 amide bonds. The van der Waals surface area contributed by atoms with Gasteiger partial charge in [0.25, 0.3) is 0 Å². The molecule has 3 aromatic heterocycles. The average Bonchev–Trinajstić information content (AvgIpc) is 3.51. The zero-order valence-corrected chi connectivity index (χ0v) is 17.4. The van der Waals surface area contributed by atoms with E-state index in [1.165, 1.54) is 11.9 Å². The minimum atomic E-state index is 0.0487. The first-order valence-electron chi connectivity index (χ1n) is 9.59. The van der Waals surface area contributed by atoms with Crippen LogP contribution < -0.4 is 10.0 Å². The molecule has 1 aliphatic rings. The molecule has 30 heavy (non-hydrogen) atoms. The summed E-state index contributed by atoms with van der Waals surface area (Å²) >= 11 is 7.30. The maximum Gasteiger partial charge on any atom is 0.228 e. The van der Waals surface area contributed by atoms with Gasteiger partial charge in [0, 0.05) is 34.3 Å². The number of H-pyrrole nitrogens is 1. The van der Waals surface area contributed by atoms with Gasteiger partial charge in [-0.05, 0) is 72.3 Å². The first kappa shape index (κ1) is 19.0. The Morgan fingerprint density at radius 2 is 1.97 bits per heavy atom. The van der Waals surface area contributed by atoms with Gasteiger partial charge >= 0.3 is 0 Å². The number of carbonyl (C=O) groups excluding carboxylic acids is 1. The normalized spacial score (nSPS) is 13.4. The van der Waals surface area contributed by atoms with Crippen LogP contribution in [0.5, 0.6) is 0 Å². The first-order valence-corrected chi connectivity index (χ1v) is 10.8. The molecular formula is C22H18ClN5OS. The third kappa shape index (κ3) is 4.13. The van der Waals surface area contributed by atoms with Crippen molar-refractivity contribution in [2.75, 3.05) is 10.0 Å². The lowest BCUT2D eigenvalue weighted by Crippen LogP contribution is -2.14. The number of rotatable bonds is 6. The van der Waals surface area contributed by atoms with Gasteiger partial charge in [0.05, 0.1) is 0 Å². The quantitative estimate of drug-likeness (QED) is 0.265. The number of pyridine rings is 2.